The van der Waals surface area contributed by atoms with Crippen LogP contribution in [0.15, 0.2) is 29.2 Å². The number of sulfone groups is 1. The Morgan fingerprint density at radius 3 is 2.85 bits per heavy atom. The normalized spacial score (nSPS) is 19.8. The molecule has 0 fully saturated rings. The van der Waals surface area contributed by atoms with E-state index in [-0.39, 0.29) is 11.8 Å². The number of hydrogen-bond donors (Lipinski definition) is 1. The zero-order valence-corrected chi connectivity index (χ0v) is 13.8. The van der Waals surface area contributed by atoms with E-state index in [1.165, 1.54) is 16.7 Å². The van der Waals surface area contributed by atoms with Crippen LogP contribution >= 0.6 is 11.8 Å². The summed E-state index contributed by atoms with van der Waals surface area (Å²) in [7, 11) is -2.90. The van der Waals surface area contributed by atoms with Crippen molar-refractivity contribution in [2.24, 2.45) is 0 Å². The van der Waals surface area contributed by atoms with E-state index in [1.807, 2.05) is 11.8 Å². The zero-order chi connectivity index (χ0) is 14.6. The van der Waals surface area contributed by atoms with Gasteiger partial charge in [-0.3, -0.25) is 0 Å². The van der Waals surface area contributed by atoms with Crippen LogP contribution in [0.2, 0.25) is 0 Å². The second-order valence-electron chi connectivity index (χ2n) is 5.43. The number of thioether (sulfide) groups is 1. The largest absolute Gasteiger partial charge is 0.313 e. The van der Waals surface area contributed by atoms with Crippen molar-refractivity contribution in [3.05, 3.63) is 29.8 Å². The molecule has 0 amide bonds. The highest BCUT2D eigenvalue weighted by Gasteiger charge is 2.30. The first-order valence-corrected chi connectivity index (χ1v) is 10.2. The molecule has 20 heavy (non-hydrogen) atoms. The van der Waals surface area contributed by atoms with Gasteiger partial charge in [-0.15, -0.1) is 11.8 Å². The van der Waals surface area contributed by atoms with E-state index in [2.05, 4.69) is 36.5 Å². The molecule has 1 aliphatic rings. The minimum atomic E-state index is -2.90. The molecule has 0 saturated carbocycles. The molecule has 3 nitrogen and oxygen atoms in total. The summed E-state index contributed by atoms with van der Waals surface area (Å²) in [6.07, 6.45) is 3.08. The molecule has 1 aromatic rings. The van der Waals surface area contributed by atoms with Crippen molar-refractivity contribution in [3.63, 3.8) is 0 Å². The maximum absolute atomic E-state index is 11.4. The van der Waals surface area contributed by atoms with E-state index in [0.717, 1.165) is 18.7 Å². The first kappa shape index (κ1) is 15.9. The zero-order valence-electron chi connectivity index (χ0n) is 12.1. The molecule has 0 spiro atoms. The van der Waals surface area contributed by atoms with Crippen LogP contribution in [0.25, 0.3) is 0 Å². The van der Waals surface area contributed by atoms with Gasteiger partial charge in [-0.25, -0.2) is 8.42 Å². The highest BCUT2D eigenvalue weighted by molar-refractivity contribution is 7.99. The maximum atomic E-state index is 11.4. The molecule has 112 valence electrons. The van der Waals surface area contributed by atoms with Gasteiger partial charge in [-0.2, -0.15) is 0 Å². The lowest BCUT2D eigenvalue weighted by molar-refractivity contribution is 0.442. The van der Waals surface area contributed by atoms with Crippen LogP contribution < -0.4 is 5.32 Å². The lowest BCUT2D eigenvalue weighted by Crippen LogP contribution is -2.37. The lowest BCUT2D eigenvalue weighted by atomic mass is 9.91. The van der Waals surface area contributed by atoms with Crippen LogP contribution in [0, 0.1) is 0 Å². The molecule has 1 aliphatic heterocycles. The van der Waals surface area contributed by atoms with Crippen molar-refractivity contribution in [1.82, 2.24) is 5.32 Å². The van der Waals surface area contributed by atoms with Crippen LogP contribution in [0.3, 0.4) is 0 Å². The van der Waals surface area contributed by atoms with Crippen LogP contribution in [0.1, 0.15) is 31.2 Å². The highest BCUT2D eigenvalue weighted by Crippen LogP contribution is 2.41. The van der Waals surface area contributed by atoms with E-state index >= 15 is 0 Å². The number of benzene rings is 1. The van der Waals surface area contributed by atoms with E-state index in [4.69, 9.17) is 0 Å². The molecule has 2 atom stereocenters. The molecular formula is C15H23NO2S2. The Hall–Kier alpha value is -0.520. The number of nitrogens with one attached hydrogen (secondary N) is 1. The first-order valence-electron chi connectivity index (χ1n) is 7.14. The van der Waals surface area contributed by atoms with Crippen molar-refractivity contribution in [2.45, 2.75) is 36.6 Å². The van der Waals surface area contributed by atoms with Crippen molar-refractivity contribution in [1.29, 1.82) is 0 Å². The van der Waals surface area contributed by atoms with Gasteiger partial charge >= 0.3 is 0 Å². The third kappa shape index (κ3) is 4.24. The SMILES string of the molecule is CCCNC(CCS(C)(=O)=O)C1CSc2ccccc21. The summed E-state index contributed by atoms with van der Waals surface area (Å²) in [5.74, 6) is 1.73. The Balaban J connectivity index is 2.11. The summed E-state index contributed by atoms with van der Waals surface area (Å²) in [4.78, 5) is 1.35. The fourth-order valence-corrected chi connectivity index (χ4v) is 4.65. The Morgan fingerprint density at radius 1 is 1.40 bits per heavy atom. The van der Waals surface area contributed by atoms with Crippen LogP contribution in [-0.4, -0.2) is 38.8 Å². The fraction of sp³-hybridized carbons (Fsp3) is 0.600. The molecule has 1 N–H and O–H groups in total. The van der Waals surface area contributed by atoms with Gasteiger partial charge in [0.2, 0.25) is 0 Å². The van der Waals surface area contributed by atoms with Crippen molar-refractivity contribution < 1.29 is 8.42 Å². The molecule has 5 heteroatoms. The average Bonchev–Trinajstić information content (AvgIpc) is 2.82. The van der Waals surface area contributed by atoms with Crippen LogP contribution in [0.5, 0.6) is 0 Å². The predicted octanol–water partition coefficient (Wildman–Crippen LogP) is 2.68. The molecule has 0 aromatic heterocycles. The smallest absolute Gasteiger partial charge is 0.147 e. The summed E-state index contributed by atoms with van der Waals surface area (Å²) in [5, 5.41) is 3.55. The molecule has 0 bridgehead atoms. The van der Waals surface area contributed by atoms with Crippen LogP contribution in [0.4, 0.5) is 0 Å². The standard InChI is InChI=1S/C15H23NO2S2/c1-3-9-16-14(8-10-20(2,17)18)13-11-19-15-7-5-4-6-12(13)15/h4-7,13-14,16H,3,8-11H2,1-2H3. The van der Waals surface area contributed by atoms with E-state index in [9.17, 15) is 8.42 Å². The molecule has 0 aliphatic carbocycles. The third-order valence-corrected chi connectivity index (χ3v) is 5.86. The minimum Gasteiger partial charge on any atom is -0.313 e. The quantitative estimate of drug-likeness (QED) is 0.841. The fourth-order valence-electron chi connectivity index (χ4n) is 2.64. The summed E-state index contributed by atoms with van der Waals surface area (Å²) in [5.41, 5.74) is 1.37. The van der Waals surface area contributed by atoms with Gasteiger partial charge in [-0.1, -0.05) is 25.1 Å². The molecule has 2 unspecified atom stereocenters. The topological polar surface area (TPSA) is 46.2 Å². The number of fused-ring (bicyclic) bond motifs is 1. The molecule has 1 heterocycles. The van der Waals surface area contributed by atoms with Gasteiger partial charge in [0.25, 0.3) is 0 Å². The van der Waals surface area contributed by atoms with Gasteiger partial charge < -0.3 is 5.32 Å². The predicted molar refractivity (Wildman–Crippen MR) is 86.3 cm³/mol. The molecule has 1 aromatic carbocycles. The summed E-state index contributed by atoms with van der Waals surface area (Å²) < 4.78 is 22.9. The van der Waals surface area contributed by atoms with Crippen molar-refractivity contribution in [3.8, 4) is 0 Å². The number of rotatable bonds is 7. The molecule has 0 saturated heterocycles. The van der Waals surface area contributed by atoms with Gasteiger partial charge in [0.15, 0.2) is 0 Å². The number of hydrogen-bond acceptors (Lipinski definition) is 4. The first-order chi connectivity index (χ1) is 9.51. The third-order valence-electron chi connectivity index (χ3n) is 3.68. The molecule has 2 rings (SSSR count). The Morgan fingerprint density at radius 2 is 2.15 bits per heavy atom. The van der Waals surface area contributed by atoms with Gasteiger partial charge in [-0.05, 0) is 31.0 Å². The highest BCUT2D eigenvalue weighted by atomic mass is 32.2. The Kier molecular flexibility index (Phi) is 5.52. The van der Waals surface area contributed by atoms with Gasteiger partial charge in [0.1, 0.15) is 9.84 Å². The summed E-state index contributed by atoms with van der Waals surface area (Å²) >= 11 is 1.88. The Labute approximate surface area is 126 Å². The second kappa shape index (κ2) is 6.96. The summed E-state index contributed by atoms with van der Waals surface area (Å²) in [6.45, 7) is 3.08. The average molecular weight is 313 g/mol. The van der Waals surface area contributed by atoms with E-state index < -0.39 is 9.84 Å². The van der Waals surface area contributed by atoms with Gasteiger partial charge in [0.05, 0.1) is 5.75 Å². The monoisotopic (exact) mass is 313 g/mol. The molecular weight excluding hydrogens is 290 g/mol. The van der Waals surface area contributed by atoms with Gasteiger partial charge in [0, 0.05) is 28.9 Å². The minimum absolute atomic E-state index is 0.251. The Bertz CT molecular complexity index is 543. The maximum Gasteiger partial charge on any atom is 0.147 e. The lowest BCUT2D eigenvalue weighted by Gasteiger charge is -2.25. The van der Waals surface area contributed by atoms with Crippen molar-refractivity contribution in [2.75, 3.05) is 24.3 Å². The summed E-state index contributed by atoms with van der Waals surface area (Å²) in [6, 6.07) is 8.74. The second-order valence-corrected chi connectivity index (χ2v) is 8.76. The van der Waals surface area contributed by atoms with E-state index in [1.54, 1.807) is 0 Å². The van der Waals surface area contributed by atoms with Crippen LogP contribution in [-0.2, 0) is 9.84 Å². The van der Waals surface area contributed by atoms with E-state index in [0.29, 0.717) is 12.3 Å². The van der Waals surface area contributed by atoms with Crippen molar-refractivity contribution >= 4 is 21.6 Å². The molecule has 0 radical (unpaired) electrons.